The van der Waals surface area contributed by atoms with Crippen molar-refractivity contribution >= 4 is 23.7 Å². The van der Waals surface area contributed by atoms with E-state index in [1.807, 2.05) is 0 Å². The van der Waals surface area contributed by atoms with Gasteiger partial charge in [0, 0.05) is 0 Å². The number of aromatic nitrogens is 4. The number of rotatable bonds is 6. The molecule has 2 heterocycles. The van der Waals surface area contributed by atoms with Crippen LogP contribution in [-0.4, -0.2) is 44.4 Å². The Morgan fingerprint density at radius 1 is 1.52 bits per heavy atom. The van der Waals surface area contributed by atoms with Crippen molar-refractivity contribution in [3.8, 4) is 0 Å². The molecule has 0 radical (unpaired) electrons. The number of furan rings is 1. The molecule has 0 saturated heterocycles. The van der Waals surface area contributed by atoms with E-state index in [-0.39, 0.29) is 6.54 Å². The van der Waals surface area contributed by atoms with Gasteiger partial charge in [0.2, 0.25) is 5.16 Å². The van der Waals surface area contributed by atoms with E-state index in [9.17, 15) is 9.59 Å². The highest BCUT2D eigenvalue weighted by molar-refractivity contribution is 7.98. The summed E-state index contributed by atoms with van der Waals surface area (Å²) in [6.45, 7) is 1.34. The van der Waals surface area contributed by atoms with E-state index in [2.05, 4.69) is 20.3 Å². The summed E-state index contributed by atoms with van der Waals surface area (Å²) in [6.07, 6.45) is 0. The number of ether oxygens (including phenoxy) is 1. The molecule has 0 atom stereocenters. The van der Waals surface area contributed by atoms with E-state index in [0.29, 0.717) is 28.0 Å². The van der Waals surface area contributed by atoms with Crippen LogP contribution in [0.4, 0.5) is 0 Å². The zero-order chi connectivity index (χ0) is 15.4. The fourth-order valence-electron chi connectivity index (χ4n) is 1.59. The molecule has 0 bridgehead atoms. The van der Waals surface area contributed by atoms with Crippen molar-refractivity contribution in [1.29, 1.82) is 0 Å². The van der Waals surface area contributed by atoms with E-state index in [0.717, 1.165) is 0 Å². The Hall–Kier alpha value is -2.36. The summed E-state index contributed by atoms with van der Waals surface area (Å²) in [4.78, 5) is 22.1. The van der Waals surface area contributed by atoms with Crippen LogP contribution in [0.5, 0.6) is 0 Å². The SMILES string of the molecule is COC(=O)c1cc(CSc2nnnn2CC(=O)O)oc1C. The molecule has 0 unspecified atom stereocenters. The molecule has 1 N–H and O–H groups in total. The van der Waals surface area contributed by atoms with Crippen LogP contribution in [0.15, 0.2) is 15.6 Å². The minimum absolute atomic E-state index is 0.320. The first kappa shape index (κ1) is 15.0. The third-order valence-electron chi connectivity index (χ3n) is 2.50. The molecule has 0 aliphatic carbocycles. The molecule has 9 nitrogen and oxygen atoms in total. The van der Waals surface area contributed by atoms with Crippen LogP contribution in [-0.2, 0) is 21.8 Å². The van der Waals surface area contributed by atoms with Crippen molar-refractivity contribution in [2.45, 2.75) is 24.4 Å². The lowest BCUT2D eigenvalue weighted by Gasteiger charge is -1.99. The van der Waals surface area contributed by atoms with E-state index >= 15 is 0 Å². The largest absolute Gasteiger partial charge is 0.480 e. The van der Waals surface area contributed by atoms with Crippen molar-refractivity contribution in [2.24, 2.45) is 0 Å². The van der Waals surface area contributed by atoms with Crippen LogP contribution in [0.2, 0.25) is 0 Å². The quantitative estimate of drug-likeness (QED) is 0.608. The van der Waals surface area contributed by atoms with Crippen molar-refractivity contribution in [3.63, 3.8) is 0 Å². The summed E-state index contributed by atoms with van der Waals surface area (Å²) in [5.74, 6) is -0.141. The smallest absolute Gasteiger partial charge is 0.341 e. The van der Waals surface area contributed by atoms with E-state index in [1.54, 1.807) is 13.0 Å². The maximum Gasteiger partial charge on any atom is 0.341 e. The lowest BCUT2D eigenvalue weighted by Crippen LogP contribution is -2.11. The molecule has 10 heteroatoms. The molecule has 0 aromatic carbocycles. The van der Waals surface area contributed by atoms with Crippen LogP contribution < -0.4 is 0 Å². The number of hydrogen-bond acceptors (Lipinski definition) is 8. The van der Waals surface area contributed by atoms with E-state index in [1.165, 1.54) is 23.6 Å². The molecule has 0 spiro atoms. The lowest BCUT2D eigenvalue weighted by molar-refractivity contribution is -0.138. The number of carboxylic acid groups (broad SMARTS) is 1. The number of aliphatic carboxylic acids is 1. The first-order valence-corrected chi connectivity index (χ1v) is 6.78. The van der Waals surface area contributed by atoms with Gasteiger partial charge in [-0.15, -0.1) is 5.10 Å². The minimum atomic E-state index is -1.04. The highest BCUT2D eigenvalue weighted by Gasteiger charge is 2.17. The first-order valence-electron chi connectivity index (χ1n) is 5.79. The van der Waals surface area contributed by atoms with Gasteiger partial charge in [-0.1, -0.05) is 11.8 Å². The highest BCUT2D eigenvalue weighted by Crippen LogP contribution is 2.24. The molecule has 2 aromatic rings. The number of carboxylic acids is 1. The molecule has 0 amide bonds. The molecular formula is C11H12N4O5S. The molecule has 0 aliphatic heterocycles. The van der Waals surface area contributed by atoms with Gasteiger partial charge in [0.05, 0.1) is 12.9 Å². The van der Waals surface area contributed by atoms with E-state index in [4.69, 9.17) is 9.52 Å². The second-order valence-corrected chi connectivity index (χ2v) is 4.92. The predicted octanol–water partition coefficient (Wildman–Crippen LogP) is 0.738. The van der Waals surface area contributed by atoms with Gasteiger partial charge < -0.3 is 14.3 Å². The van der Waals surface area contributed by atoms with Gasteiger partial charge in [0.25, 0.3) is 0 Å². The molecule has 112 valence electrons. The Morgan fingerprint density at radius 3 is 2.95 bits per heavy atom. The zero-order valence-corrected chi connectivity index (χ0v) is 12.1. The van der Waals surface area contributed by atoms with Crippen molar-refractivity contribution in [2.75, 3.05) is 7.11 Å². The van der Waals surface area contributed by atoms with Gasteiger partial charge in [0.15, 0.2) is 0 Å². The summed E-state index contributed by atoms with van der Waals surface area (Å²) in [5.41, 5.74) is 0.359. The average molecular weight is 312 g/mol. The number of hydrogen-bond donors (Lipinski definition) is 1. The second-order valence-electron chi connectivity index (χ2n) is 3.98. The molecule has 0 aliphatic rings. The lowest BCUT2D eigenvalue weighted by atomic mass is 10.2. The zero-order valence-electron chi connectivity index (χ0n) is 11.3. The number of tetrazole rings is 1. The summed E-state index contributed by atoms with van der Waals surface area (Å²) in [6, 6.07) is 1.58. The monoisotopic (exact) mass is 312 g/mol. The first-order chi connectivity index (χ1) is 10.0. The molecule has 21 heavy (non-hydrogen) atoms. The molecule has 2 rings (SSSR count). The van der Waals surface area contributed by atoms with Crippen molar-refractivity contribution in [3.05, 3.63) is 23.2 Å². The number of carbonyl (C=O) groups excluding carboxylic acids is 1. The number of thioether (sulfide) groups is 1. The fraction of sp³-hybridized carbons (Fsp3) is 0.364. The number of aryl methyl sites for hydroxylation is 1. The predicted molar refractivity (Wildman–Crippen MR) is 69.8 cm³/mol. The van der Waals surface area contributed by atoms with Crippen LogP contribution in [0.1, 0.15) is 21.9 Å². The normalized spacial score (nSPS) is 10.6. The van der Waals surface area contributed by atoms with Gasteiger partial charge in [0.1, 0.15) is 23.6 Å². The highest BCUT2D eigenvalue weighted by atomic mass is 32.2. The Morgan fingerprint density at radius 2 is 2.29 bits per heavy atom. The molecule has 2 aromatic heterocycles. The van der Waals surface area contributed by atoms with Crippen LogP contribution >= 0.6 is 11.8 Å². The van der Waals surface area contributed by atoms with Gasteiger partial charge in [-0.3, -0.25) is 4.79 Å². The van der Waals surface area contributed by atoms with Crippen molar-refractivity contribution < 1.29 is 23.8 Å². The van der Waals surface area contributed by atoms with E-state index < -0.39 is 11.9 Å². The number of esters is 1. The molecule has 0 fully saturated rings. The standard InChI is InChI=1S/C11H12N4O5S/c1-6-8(10(18)19-2)3-7(20-6)5-21-11-12-13-14-15(11)4-9(16)17/h3H,4-5H2,1-2H3,(H,16,17). The topological polar surface area (TPSA) is 120 Å². The maximum absolute atomic E-state index is 11.5. The average Bonchev–Trinajstić information content (AvgIpc) is 3.01. The fourth-order valence-corrected chi connectivity index (χ4v) is 2.35. The van der Waals surface area contributed by atoms with Crippen LogP contribution in [0, 0.1) is 6.92 Å². The minimum Gasteiger partial charge on any atom is -0.480 e. The number of carbonyl (C=O) groups is 2. The molecular weight excluding hydrogens is 300 g/mol. The van der Waals surface area contributed by atoms with Crippen LogP contribution in [0.3, 0.4) is 0 Å². The molecule has 0 saturated carbocycles. The summed E-state index contributed by atoms with van der Waals surface area (Å²) < 4.78 is 11.2. The van der Waals surface area contributed by atoms with Crippen LogP contribution in [0.25, 0.3) is 0 Å². The van der Waals surface area contributed by atoms with Gasteiger partial charge in [-0.2, -0.15) is 0 Å². The third kappa shape index (κ3) is 3.60. The number of methoxy groups -OCH3 is 1. The summed E-state index contributed by atoms with van der Waals surface area (Å²) in [5, 5.41) is 19.8. The third-order valence-corrected chi connectivity index (χ3v) is 3.48. The summed E-state index contributed by atoms with van der Waals surface area (Å²) >= 11 is 1.21. The Balaban J connectivity index is 2.05. The Labute approximate surface area is 123 Å². The second kappa shape index (κ2) is 6.39. The Bertz CT molecular complexity index is 665. The van der Waals surface area contributed by atoms with Gasteiger partial charge in [-0.25, -0.2) is 9.48 Å². The van der Waals surface area contributed by atoms with Gasteiger partial charge >= 0.3 is 11.9 Å². The van der Waals surface area contributed by atoms with Crippen molar-refractivity contribution in [1.82, 2.24) is 20.2 Å². The Kier molecular flexibility index (Phi) is 4.58. The number of nitrogens with zero attached hydrogens (tertiary/aromatic N) is 4. The summed E-state index contributed by atoms with van der Waals surface area (Å²) in [7, 11) is 1.29. The van der Waals surface area contributed by atoms with Gasteiger partial charge in [-0.05, 0) is 23.4 Å². The maximum atomic E-state index is 11.5.